The smallest absolute Gasteiger partial charge is 0.109 e. The molecule has 0 saturated heterocycles. The summed E-state index contributed by atoms with van der Waals surface area (Å²) in [5.74, 6) is 0. The van der Waals surface area contributed by atoms with Crippen LogP contribution in [0.1, 0.15) is 17.0 Å². The molecule has 7 heteroatoms. The summed E-state index contributed by atoms with van der Waals surface area (Å²) in [6, 6.07) is 1.90. The average molecular weight is 288 g/mol. The van der Waals surface area contributed by atoms with E-state index in [-0.39, 0.29) is 12.4 Å². The van der Waals surface area contributed by atoms with Crippen LogP contribution in [0.5, 0.6) is 0 Å². The molecule has 0 atom stereocenters. The monoisotopic (exact) mass is 287 g/mol. The molecule has 0 fully saturated rings. The molecule has 2 heterocycles. The fourth-order valence-corrected chi connectivity index (χ4v) is 1.94. The van der Waals surface area contributed by atoms with Crippen molar-refractivity contribution >= 4 is 12.4 Å². The highest BCUT2D eigenvalue weighted by atomic mass is 35.5. The second kappa shape index (κ2) is 7.25. The van der Waals surface area contributed by atoms with Crippen molar-refractivity contribution in [3.8, 4) is 0 Å². The van der Waals surface area contributed by atoms with Gasteiger partial charge in [-0.15, -0.1) is 12.4 Å². The van der Waals surface area contributed by atoms with Gasteiger partial charge < -0.3 is 5.32 Å². The maximum atomic E-state index is 12.3. The van der Waals surface area contributed by atoms with Crippen LogP contribution >= 0.6 is 12.4 Å². The molecule has 0 spiro atoms. The van der Waals surface area contributed by atoms with Crippen LogP contribution in [-0.4, -0.2) is 26.2 Å². The Labute approximate surface area is 118 Å². The van der Waals surface area contributed by atoms with E-state index in [0.717, 1.165) is 17.9 Å². The molecule has 0 aliphatic rings. The van der Waals surface area contributed by atoms with E-state index < -0.39 is 6.67 Å². The Balaban J connectivity index is 0.00000180. The van der Waals surface area contributed by atoms with Gasteiger partial charge in [0.15, 0.2) is 0 Å². The predicted octanol–water partition coefficient (Wildman–Crippen LogP) is 1.61. The van der Waals surface area contributed by atoms with Crippen LogP contribution in [0.25, 0.3) is 0 Å². The third-order valence-corrected chi connectivity index (χ3v) is 2.84. The standard InChI is InChI=1S/C12H18FN5.ClH/c1-10-11(9-17(2)16-10)7-14-8-12-3-5-15-18(12)6-4-13;/h3,5,9,14H,4,6-8H2,1-2H3;1H. The summed E-state index contributed by atoms with van der Waals surface area (Å²) in [7, 11) is 1.91. The zero-order valence-electron chi connectivity index (χ0n) is 11.1. The molecule has 0 aromatic carbocycles. The van der Waals surface area contributed by atoms with Gasteiger partial charge in [0.1, 0.15) is 6.67 Å². The third kappa shape index (κ3) is 4.04. The van der Waals surface area contributed by atoms with Crippen molar-refractivity contribution in [1.29, 1.82) is 0 Å². The third-order valence-electron chi connectivity index (χ3n) is 2.84. The number of rotatable bonds is 6. The molecule has 0 saturated carbocycles. The zero-order valence-corrected chi connectivity index (χ0v) is 12.0. The number of hydrogen-bond donors (Lipinski definition) is 1. The molecule has 0 amide bonds. The Bertz CT molecular complexity index is 508. The van der Waals surface area contributed by atoms with Gasteiger partial charge in [-0.25, -0.2) is 4.39 Å². The van der Waals surface area contributed by atoms with Crippen LogP contribution < -0.4 is 5.32 Å². The summed E-state index contributed by atoms with van der Waals surface area (Å²) in [6.45, 7) is 3.34. The number of hydrogen-bond acceptors (Lipinski definition) is 3. The highest BCUT2D eigenvalue weighted by Crippen LogP contribution is 2.05. The number of alkyl halides is 1. The van der Waals surface area contributed by atoms with E-state index in [1.54, 1.807) is 15.6 Å². The highest BCUT2D eigenvalue weighted by molar-refractivity contribution is 5.85. The summed E-state index contributed by atoms with van der Waals surface area (Å²) in [5, 5.41) is 11.7. The minimum absolute atomic E-state index is 0. The van der Waals surface area contributed by atoms with Gasteiger partial charge in [-0.1, -0.05) is 0 Å². The van der Waals surface area contributed by atoms with Gasteiger partial charge in [0, 0.05) is 38.1 Å². The van der Waals surface area contributed by atoms with Crippen molar-refractivity contribution in [2.45, 2.75) is 26.6 Å². The lowest BCUT2D eigenvalue weighted by molar-refractivity contribution is 0.417. The van der Waals surface area contributed by atoms with E-state index in [2.05, 4.69) is 15.5 Å². The lowest BCUT2D eigenvalue weighted by Crippen LogP contribution is -2.17. The quantitative estimate of drug-likeness (QED) is 0.878. The normalized spacial score (nSPS) is 10.5. The Morgan fingerprint density at radius 1 is 1.37 bits per heavy atom. The zero-order chi connectivity index (χ0) is 13.0. The van der Waals surface area contributed by atoms with E-state index in [1.807, 2.05) is 26.2 Å². The first-order valence-electron chi connectivity index (χ1n) is 5.97. The van der Waals surface area contributed by atoms with Crippen molar-refractivity contribution in [3.05, 3.63) is 35.4 Å². The van der Waals surface area contributed by atoms with Crippen molar-refractivity contribution in [1.82, 2.24) is 24.9 Å². The van der Waals surface area contributed by atoms with Gasteiger partial charge in [-0.05, 0) is 13.0 Å². The lowest BCUT2D eigenvalue weighted by atomic mass is 10.2. The molecule has 19 heavy (non-hydrogen) atoms. The second-order valence-corrected chi connectivity index (χ2v) is 4.25. The minimum atomic E-state index is -0.392. The molecule has 0 unspecified atom stereocenters. The van der Waals surface area contributed by atoms with Gasteiger partial charge in [0.25, 0.3) is 0 Å². The first kappa shape index (κ1) is 15.7. The molecule has 5 nitrogen and oxygen atoms in total. The van der Waals surface area contributed by atoms with Crippen molar-refractivity contribution in [2.75, 3.05) is 6.67 Å². The van der Waals surface area contributed by atoms with Crippen molar-refractivity contribution in [2.24, 2.45) is 7.05 Å². The molecule has 106 valence electrons. The van der Waals surface area contributed by atoms with Crippen molar-refractivity contribution in [3.63, 3.8) is 0 Å². The Hall–Kier alpha value is -1.40. The molecule has 2 rings (SSSR count). The van der Waals surface area contributed by atoms with E-state index in [1.165, 1.54) is 5.56 Å². The van der Waals surface area contributed by atoms with Gasteiger partial charge >= 0.3 is 0 Å². The van der Waals surface area contributed by atoms with Crippen LogP contribution in [0.4, 0.5) is 4.39 Å². The number of aryl methyl sites for hydroxylation is 3. The number of nitrogens with one attached hydrogen (secondary N) is 1. The fraction of sp³-hybridized carbons (Fsp3) is 0.500. The van der Waals surface area contributed by atoms with E-state index in [4.69, 9.17) is 0 Å². The summed E-state index contributed by atoms with van der Waals surface area (Å²) in [6.07, 6.45) is 3.70. The molecule has 1 N–H and O–H groups in total. The van der Waals surface area contributed by atoms with Gasteiger partial charge in [-0.3, -0.25) is 9.36 Å². The van der Waals surface area contributed by atoms with E-state index in [9.17, 15) is 4.39 Å². The topological polar surface area (TPSA) is 47.7 Å². The van der Waals surface area contributed by atoms with Crippen LogP contribution in [0.3, 0.4) is 0 Å². The van der Waals surface area contributed by atoms with Gasteiger partial charge in [0.05, 0.1) is 17.9 Å². The Kier molecular flexibility index (Phi) is 5.98. The van der Waals surface area contributed by atoms with Crippen LogP contribution in [0, 0.1) is 6.92 Å². The molecule has 0 aliphatic heterocycles. The van der Waals surface area contributed by atoms with Crippen LogP contribution in [0.15, 0.2) is 18.5 Å². The summed E-state index contributed by atoms with van der Waals surface area (Å²) < 4.78 is 15.8. The largest absolute Gasteiger partial charge is 0.307 e. The first-order valence-corrected chi connectivity index (χ1v) is 5.97. The first-order chi connectivity index (χ1) is 8.70. The summed E-state index contributed by atoms with van der Waals surface area (Å²) >= 11 is 0. The second-order valence-electron chi connectivity index (χ2n) is 4.25. The van der Waals surface area contributed by atoms with Gasteiger partial charge in [0.2, 0.25) is 0 Å². The van der Waals surface area contributed by atoms with Gasteiger partial charge in [-0.2, -0.15) is 10.2 Å². The minimum Gasteiger partial charge on any atom is -0.307 e. The average Bonchev–Trinajstić information content (AvgIpc) is 2.88. The van der Waals surface area contributed by atoms with Crippen LogP contribution in [0.2, 0.25) is 0 Å². The number of nitrogens with zero attached hydrogens (tertiary/aromatic N) is 4. The fourth-order valence-electron chi connectivity index (χ4n) is 1.94. The molecular weight excluding hydrogens is 269 g/mol. The van der Waals surface area contributed by atoms with Crippen molar-refractivity contribution < 1.29 is 4.39 Å². The number of aromatic nitrogens is 4. The SMILES string of the molecule is Cc1nn(C)cc1CNCc1ccnn1CCF.Cl. The van der Waals surface area contributed by atoms with Crippen LogP contribution in [-0.2, 0) is 26.7 Å². The molecule has 0 aliphatic carbocycles. The summed E-state index contributed by atoms with van der Waals surface area (Å²) in [4.78, 5) is 0. The molecule has 2 aromatic heterocycles. The maximum absolute atomic E-state index is 12.3. The van der Waals surface area contributed by atoms with E-state index in [0.29, 0.717) is 13.1 Å². The highest BCUT2D eigenvalue weighted by Gasteiger charge is 2.04. The number of halogens is 2. The molecule has 2 aromatic rings. The Morgan fingerprint density at radius 3 is 2.79 bits per heavy atom. The maximum Gasteiger partial charge on any atom is 0.109 e. The van der Waals surface area contributed by atoms with E-state index >= 15 is 0 Å². The lowest BCUT2D eigenvalue weighted by Gasteiger charge is -2.06. The Morgan fingerprint density at radius 2 is 2.16 bits per heavy atom. The summed E-state index contributed by atoms with van der Waals surface area (Å²) in [5.41, 5.74) is 3.20. The molecular formula is C12H19ClFN5. The molecule has 0 radical (unpaired) electrons. The molecule has 0 bridgehead atoms. The predicted molar refractivity (Wildman–Crippen MR) is 73.9 cm³/mol.